The van der Waals surface area contributed by atoms with Crippen LogP contribution < -0.4 is 10.6 Å². The van der Waals surface area contributed by atoms with E-state index in [9.17, 15) is 24.9 Å². The molecule has 3 atom stereocenters. The number of carbonyl (C=O) groups is 2. The lowest BCUT2D eigenvalue weighted by atomic mass is 9.82. The maximum absolute atomic E-state index is 13.5. The molecule has 1 amide bonds. The molecule has 302 valence electrons. The Morgan fingerprint density at radius 3 is 2.49 bits per heavy atom. The molecule has 1 aliphatic carbocycles. The van der Waals surface area contributed by atoms with Gasteiger partial charge in [0.2, 0.25) is 11.7 Å². The largest absolute Gasteiger partial charge is 0.507 e. The van der Waals surface area contributed by atoms with Crippen LogP contribution in [0.1, 0.15) is 76.0 Å². The van der Waals surface area contributed by atoms with Crippen LogP contribution in [0.3, 0.4) is 0 Å². The molecular formula is C42H52N8O7. The van der Waals surface area contributed by atoms with E-state index < -0.39 is 24.0 Å². The number of hydrogen-bond acceptors (Lipinski definition) is 12. The first kappa shape index (κ1) is 38.7. The number of fused-ring (bicyclic) bond motifs is 1. The standard InChI is InChI=1S/C42H52N8O7/c1-25(2)38(40(53)50-23-29(51)19-34(50)41(54)55)36-20-37(46-57-36)48-15-9-26(10-16-48)21-47-13-11-30(12-14-47)56-31-17-27(18-31)7-8-28-22-49-24-33(44-42(49)45-39(28)43)32-5-3-4-6-35(32)52/h3-6,20,22,24-27,29-31,34,38,51-52H,9-19,21,23H2,1-2H3,(H,54,55)(H2,43,44,45)/t27-,29-,31-,34+,38-/m1/s1. The number of aromatic hydroxyl groups is 1. The Labute approximate surface area is 331 Å². The third kappa shape index (κ3) is 8.44. The van der Waals surface area contributed by atoms with Crippen LogP contribution in [0.15, 0.2) is 47.2 Å². The molecule has 3 aliphatic heterocycles. The number of imidazole rings is 1. The third-order valence-corrected chi connectivity index (χ3v) is 12.1. The maximum atomic E-state index is 13.5. The number of likely N-dealkylation sites (tertiary alicyclic amines) is 2. The quantitative estimate of drug-likeness (QED) is 0.169. The number of amides is 1. The van der Waals surface area contributed by atoms with Crippen molar-refractivity contribution >= 4 is 29.3 Å². The van der Waals surface area contributed by atoms with Gasteiger partial charge in [0.1, 0.15) is 23.5 Å². The van der Waals surface area contributed by atoms with E-state index in [0.29, 0.717) is 45.9 Å². The number of ether oxygens (including phenoxy) is 1. The Hall–Kier alpha value is -5.17. The normalized spacial score (nSPS) is 24.1. The number of benzene rings is 1. The number of phenolic OH excluding ortho intramolecular Hbond substituents is 1. The van der Waals surface area contributed by atoms with Crippen LogP contribution >= 0.6 is 0 Å². The van der Waals surface area contributed by atoms with Crippen LogP contribution in [0.25, 0.3) is 17.0 Å². The van der Waals surface area contributed by atoms with Crippen molar-refractivity contribution in [2.45, 2.75) is 89.1 Å². The second kappa shape index (κ2) is 16.4. The van der Waals surface area contributed by atoms with Crippen LogP contribution in [0.5, 0.6) is 5.75 Å². The molecule has 1 aromatic carbocycles. The molecule has 0 unspecified atom stereocenters. The number of aliphatic hydroxyl groups is 1. The van der Waals surface area contributed by atoms with Crippen LogP contribution in [0.2, 0.25) is 0 Å². The Kier molecular flexibility index (Phi) is 11.1. The first-order valence-electron chi connectivity index (χ1n) is 20.2. The number of nitrogens with zero attached hydrogens (tertiary/aromatic N) is 7. The van der Waals surface area contributed by atoms with Gasteiger partial charge in [-0.2, -0.15) is 4.98 Å². The zero-order chi connectivity index (χ0) is 39.8. The maximum Gasteiger partial charge on any atom is 0.326 e. The van der Waals surface area contributed by atoms with Crippen molar-refractivity contribution in [2.24, 2.45) is 17.8 Å². The van der Waals surface area contributed by atoms with Crippen molar-refractivity contribution in [1.29, 1.82) is 0 Å². The molecular weight excluding hydrogens is 729 g/mol. The fraction of sp³-hybridized carbons (Fsp3) is 0.548. The number of para-hydroxylation sites is 1. The van der Waals surface area contributed by atoms with Gasteiger partial charge in [-0.3, -0.25) is 9.20 Å². The summed E-state index contributed by atoms with van der Waals surface area (Å²) in [6, 6.07) is 7.86. The molecule has 15 nitrogen and oxygen atoms in total. The molecule has 4 aliphatic rings. The van der Waals surface area contributed by atoms with E-state index in [4.69, 9.17) is 15.0 Å². The number of β-amino-alcohol motifs (C(OH)–C–C–N with tert-alkyl or cyclic N) is 1. The fourth-order valence-electron chi connectivity index (χ4n) is 8.82. The SMILES string of the molecule is CC(C)[C@@H](C(=O)N1C[C@H](O)C[C@H]1C(=O)O)c1cc(N2CCC(CN3CCC(O[C@H]4C[C@H](C#Cc5cn6cc(-c7ccccc7O)nc6nc5N)C4)CC3)CC2)no1. The first-order valence-corrected chi connectivity index (χ1v) is 20.2. The number of nitrogen functional groups attached to an aromatic ring is 1. The average Bonchev–Trinajstić information content (AvgIpc) is 3.92. The minimum atomic E-state index is -1.11. The number of aliphatic hydroxyl groups excluding tert-OH is 1. The van der Waals surface area contributed by atoms with Gasteiger partial charge in [-0.05, 0) is 62.5 Å². The lowest BCUT2D eigenvalue weighted by molar-refractivity contribution is -0.149. The van der Waals surface area contributed by atoms with E-state index in [1.165, 1.54) is 4.90 Å². The van der Waals surface area contributed by atoms with Gasteiger partial charge < -0.3 is 45.0 Å². The molecule has 0 spiro atoms. The van der Waals surface area contributed by atoms with Gasteiger partial charge in [0.15, 0.2) is 11.6 Å². The van der Waals surface area contributed by atoms with Gasteiger partial charge in [0.25, 0.3) is 0 Å². The van der Waals surface area contributed by atoms with Crippen LogP contribution in [-0.4, -0.2) is 120 Å². The van der Waals surface area contributed by atoms with Gasteiger partial charge in [-0.25, -0.2) is 9.78 Å². The van der Waals surface area contributed by atoms with Crippen LogP contribution in [0.4, 0.5) is 11.6 Å². The number of phenols is 1. The zero-order valence-corrected chi connectivity index (χ0v) is 32.5. The molecule has 57 heavy (non-hydrogen) atoms. The molecule has 3 saturated heterocycles. The third-order valence-electron chi connectivity index (χ3n) is 12.1. The number of aliphatic carboxylic acids is 1. The number of carbonyl (C=O) groups excluding carboxylic acids is 1. The van der Waals surface area contributed by atoms with Crippen molar-refractivity contribution in [3.05, 3.63) is 54.0 Å². The summed E-state index contributed by atoms with van der Waals surface area (Å²) in [6.07, 6.45) is 9.32. The van der Waals surface area contributed by atoms with E-state index >= 15 is 0 Å². The van der Waals surface area contributed by atoms with E-state index in [-0.39, 0.29) is 48.7 Å². The van der Waals surface area contributed by atoms with E-state index in [0.717, 1.165) is 71.2 Å². The molecule has 8 rings (SSSR count). The summed E-state index contributed by atoms with van der Waals surface area (Å²) in [5.41, 5.74) is 8.14. The van der Waals surface area contributed by atoms with E-state index in [1.807, 2.05) is 44.4 Å². The summed E-state index contributed by atoms with van der Waals surface area (Å²) in [5, 5.41) is 34.3. The molecule has 6 heterocycles. The Bertz CT molecular complexity index is 2140. The minimum absolute atomic E-state index is 0.00303. The molecule has 3 aromatic heterocycles. The molecule has 0 bridgehead atoms. The number of hydrogen-bond donors (Lipinski definition) is 4. The number of nitrogens with two attached hydrogens (primary N) is 1. The second-order valence-electron chi connectivity index (χ2n) is 16.6. The fourth-order valence-corrected chi connectivity index (χ4v) is 8.82. The number of carboxylic acid groups (broad SMARTS) is 1. The summed E-state index contributed by atoms with van der Waals surface area (Å²) in [6.45, 7) is 8.65. The van der Waals surface area contributed by atoms with E-state index in [2.05, 4.69) is 36.8 Å². The number of carboxylic acids is 1. The minimum Gasteiger partial charge on any atom is -0.507 e. The highest BCUT2D eigenvalue weighted by molar-refractivity contribution is 5.88. The monoisotopic (exact) mass is 780 g/mol. The molecule has 4 aromatic rings. The number of piperidine rings is 2. The van der Waals surface area contributed by atoms with Crippen molar-refractivity contribution in [3.8, 4) is 28.8 Å². The Morgan fingerprint density at radius 2 is 1.77 bits per heavy atom. The molecule has 0 radical (unpaired) electrons. The average molecular weight is 781 g/mol. The Balaban J connectivity index is 0.757. The summed E-state index contributed by atoms with van der Waals surface area (Å²) >= 11 is 0. The van der Waals surface area contributed by atoms with Crippen molar-refractivity contribution in [3.63, 3.8) is 0 Å². The number of rotatable bonds is 10. The van der Waals surface area contributed by atoms with Gasteiger partial charge in [-0.15, -0.1) is 0 Å². The lowest BCUT2D eigenvalue weighted by Gasteiger charge is -2.40. The second-order valence-corrected chi connectivity index (χ2v) is 16.6. The lowest BCUT2D eigenvalue weighted by Crippen LogP contribution is -2.44. The van der Waals surface area contributed by atoms with Gasteiger partial charge in [0.05, 0.1) is 29.6 Å². The smallest absolute Gasteiger partial charge is 0.326 e. The first-order chi connectivity index (χ1) is 27.5. The van der Waals surface area contributed by atoms with Crippen molar-refractivity contribution in [1.82, 2.24) is 29.3 Å². The topological polar surface area (TPSA) is 196 Å². The van der Waals surface area contributed by atoms with Crippen molar-refractivity contribution < 1.29 is 34.2 Å². The highest BCUT2D eigenvalue weighted by atomic mass is 16.5. The Morgan fingerprint density at radius 1 is 1.02 bits per heavy atom. The van der Waals surface area contributed by atoms with Gasteiger partial charge in [0, 0.05) is 75.6 Å². The highest BCUT2D eigenvalue weighted by Gasteiger charge is 2.43. The van der Waals surface area contributed by atoms with Crippen LogP contribution in [-0.2, 0) is 14.3 Å². The molecule has 4 fully saturated rings. The summed E-state index contributed by atoms with van der Waals surface area (Å²) in [4.78, 5) is 40.3. The van der Waals surface area contributed by atoms with Crippen LogP contribution in [0, 0.1) is 29.6 Å². The van der Waals surface area contributed by atoms with Gasteiger partial charge in [-0.1, -0.05) is 43.0 Å². The van der Waals surface area contributed by atoms with E-state index in [1.54, 1.807) is 16.5 Å². The molecule has 5 N–H and O–H groups in total. The summed E-state index contributed by atoms with van der Waals surface area (Å²) < 4.78 is 14.0. The molecule has 1 saturated carbocycles. The highest BCUT2D eigenvalue weighted by Crippen LogP contribution is 2.35. The molecule has 15 heteroatoms. The van der Waals surface area contributed by atoms with Gasteiger partial charge >= 0.3 is 5.97 Å². The predicted octanol–water partition coefficient (Wildman–Crippen LogP) is 3.99. The number of aromatic nitrogens is 4. The predicted molar refractivity (Wildman–Crippen MR) is 211 cm³/mol. The zero-order valence-electron chi connectivity index (χ0n) is 32.5. The summed E-state index contributed by atoms with van der Waals surface area (Å²) in [7, 11) is 0. The summed E-state index contributed by atoms with van der Waals surface area (Å²) in [5.74, 6) is 7.26. The van der Waals surface area contributed by atoms with Crippen molar-refractivity contribution in [2.75, 3.05) is 49.9 Å². The number of anilines is 2.